The summed E-state index contributed by atoms with van der Waals surface area (Å²) in [6.07, 6.45) is 0.661. The Morgan fingerprint density at radius 2 is 2.19 bits per heavy atom. The predicted octanol–water partition coefficient (Wildman–Crippen LogP) is 2.76. The third kappa shape index (κ3) is 3.32. The van der Waals surface area contributed by atoms with Gasteiger partial charge in [0.05, 0.1) is 18.0 Å². The Hall–Kier alpha value is -2.11. The molecule has 6 nitrogen and oxygen atoms in total. The number of nitrogens with zero attached hydrogens (tertiary/aromatic N) is 3. The van der Waals surface area contributed by atoms with Crippen molar-refractivity contribution in [2.45, 2.75) is 34.1 Å². The summed E-state index contributed by atoms with van der Waals surface area (Å²) < 4.78 is 12.4. The largest absolute Gasteiger partial charge is 0.460 e. The Bertz CT molecular complexity index is 641. The number of hydrogen-bond donors (Lipinski definition) is 0. The zero-order valence-corrected chi connectivity index (χ0v) is 13.1. The molecule has 0 aromatic carbocycles. The van der Waals surface area contributed by atoms with E-state index in [1.807, 2.05) is 20.0 Å². The average Bonchev–Trinajstić information content (AvgIpc) is 2.92. The lowest BCUT2D eigenvalue weighted by atomic mass is 10.1. The molecule has 114 valence electrons. The van der Waals surface area contributed by atoms with Crippen LogP contribution in [0, 0.1) is 12.8 Å². The van der Waals surface area contributed by atoms with Crippen LogP contribution in [0.15, 0.2) is 10.5 Å². The molecule has 6 heteroatoms. The quantitative estimate of drug-likeness (QED) is 0.792. The zero-order valence-electron chi connectivity index (χ0n) is 13.1. The highest BCUT2D eigenvalue weighted by atomic mass is 16.5. The van der Waals surface area contributed by atoms with Gasteiger partial charge in [-0.05, 0) is 32.3 Å². The van der Waals surface area contributed by atoms with Gasteiger partial charge in [0.2, 0.25) is 11.7 Å². The first-order valence-electron chi connectivity index (χ1n) is 7.10. The summed E-state index contributed by atoms with van der Waals surface area (Å²) in [6.45, 7) is 8.10. The van der Waals surface area contributed by atoms with Gasteiger partial charge in [-0.3, -0.25) is 4.68 Å². The summed E-state index contributed by atoms with van der Waals surface area (Å²) >= 11 is 0. The smallest absolute Gasteiger partial charge is 0.376 e. The number of ether oxygens (including phenoxy) is 1. The van der Waals surface area contributed by atoms with E-state index in [0.29, 0.717) is 30.5 Å². The van der Waals surface area contributed by atoms with Crippen molar-refractivity contribution in [1.29, 1.82) is 0 Å². The second kappa shape index (κ2) is 6.11. The number of esters is 1. The summed E-state index contributed by atoms with van der Waals surface area (Å²) in [5, 5.41) is 4.27. The van der Waals surface area contributed by atoms with Crippen LogP contribution in [0.2, 0.25) is 0 Å². The van der Waals surface area contributed by atoms with E-state index in [9.17, 15) is 4.79 Å². The van der Waals surface area contributed by atoms with Gasteiger partial charge in [0.1, 0.15) is 5.69 Å². The minimum absolute atomic E-state index is 0.194. The van der Waals surface area contributed by atoms with Gasteiger partial charge in [-0.15, -0.1) is 0 Å². The number of hydrogen-bond acceptors (Lipinski definition) is 5. The van der Waals surface area contributed by atoms with Crippen molar-refractivity contribution in [3.63, 3.8) is 0 Å². The highest BCUT2D eigenvalue weighted by Crippen LogP contribution is 2.24. The minimum atomic E-state index is -0.467. The SMILES string of the molecule is CCOC(=O)c1oc(-c2cc(C)nn2C)nc1CC(C)C. The fourth-order valence-electron chi connectivity index (χ4n) is 2.15. The number of aryl methyl sites for hydroxylation is 2. The van der Waals surface area contributed by atoms with E-state index in [2.05, 4.69) is 23.9 Å². The minimum Gasteiger partial charge on any atom is -0.460 e. The maximum Gasteiger partial charge on any atom is 0.376 e. The first-order chi connectivity index (χ1) is 9.92. The van der Waals surface area contributed by atoms with Crippen LogP contribution in [0.5, 0.6) is 0 Å². The van der Waals surface area contributed by atoms with Crippen LogP contribution in [0.3, 0.4) is 0 Å². The van der Waals surface area contributed by atoms with E-state index in [1.165, 1.54) is 0 Å². The van der Waals surface area contributed by atoms with Crippen molar-refractivity contribution >= 4 is 5.97 Å². The van der Waals surface area contributed by atoms with Crippen LogP contribution < -0.4 is 0 Å². The molecule has 0 amide bonds. The molecule has 0 radical (unpaired) electrons. The van der Waals surface area contributed by atoms with E-state index >= 15 is 0 Å². The Labute approximate surface area is 124 Å². The fraction of sp³-hybridized carbons (Fsp3) is 0.533. The molecule has 0 fully saturated rings. The Kier molecular flexibility index (Phi) is 4.45. The summed E-state index contributed by atoms with van der Waals surface area (Å²) in [5.41, 5.74) is 2.25. The average molecular weight is 291 g/mol. The van der Waals surface area contributed by atoms with Crippen LogP contribution >= 0.6 is 0 Å². The van der Waals surface area contributed by atoms with Gasteiger partial charge in [-0.25, -0.2) is 9.78 Å². The Morgan fingerprint density at radius 1 is 1.48 bits per heavy atom. The third-order valence-corrected chi connectivity index (χ3v) is 2.98. The summed E-state index contributed by atoms with van der Waals surface area (Å²) in [5.74, 6) is 0.492. The molecule has 0 aliphatic carbocycles. The number of aromatic nitrogens is 3. The van der Waals surface area contributed by atoms with Crippen molar-refractivity contribution < 1.29 is 13.9 Å². The highest BCUT2D eigenvalue weighted by Gasteiger charge is 2.24. The van der Waals surface area contributed by atoms with Crippen molar-refractivity contribution in [2.75, 3.05) is 6.61 Å². The zero-order chi connectivity index (χ0) is 15.6. The third-order valence-electron chi connectivity index (χ3n) is 2.98. The molecular formula is C15H21N3O3. The van der Waals surface area contributed by atoms with Gasteiger partial charge >= 0.3 is 5.97 Å². The summed E-state index contributed by atoms with van der Waals surface area (Å²) in [7, 11) is 1.82. The topological polar surface area (TPSA) is 70.2 Å². The molecule has 2 heterocycles. The van der Waals surface area contributed by atoms with Gasteiger partial charge in [-0.1, -0.05) is 13.8 Å². The van der Waals surface area contributed by atoms with Gasteiger partial charge in [0.25, 0.3) is 0 Å². The molecular weight excluding hydrogens is 270 g/mol. The second-order valence-electron chi connectivity index (χ2n) is 5.41. The van der Waals surface area contributed by atoms with Gasteiger partial charge < -0.3 is 9.15 Å². The summed E-state index contributed by atoms with van der Waals surface area (Å²) in [6, 6.07) is 1.87. The first-order valence-corrected chi connectivity index (χ1v) is 7.10. The van der Waals surface area contributed by atoms with Crippen LogP contribution in [0.4, 0.5) is 0 Å². The molecule has 2 rings (SSSR count). The lowest BCUT2D eigenvalue weighted by molar-refractivity contribution is 0.0489. The molecule has 0 atom stereocenters. The Balaban J connectivity index is 2.44. The monoisotopic (exact) mass is 291 g/mol. The van der Waals surface area contributed by atoms with E-state index in [4.69, 9.17) is 9.15 Å². The number of carbonyl (C=O) groups excluding carboxylic acids is 1. The number of carbonyl (C=O) groups is 1. The molecule has 0 saturated heterocycles. The number of rotatable bonds is 5. The van der Waals surface area contributed by atoms with Crippen LogP contribution in [0.1, 0.15) is 42.7 Å². The van der Waals surface area contributed by atoms with E-state index < -0.39 is 5.97 Å². The summed E-state index contributed by atoms with van der Waals surface area (Å²) in [4.78, 5) is 16.5. The van der Waals surface area contributed by atoms with Crippen LogP contribution in [0.25, 0.3) is 11.6 Å². The lowest BCUT2D eigenvalue weighted by Crippen LogP contribution is -2.08. The first kappa shape index (κ1) is 15.3. The molecule has 0 aliphatic rings. The normalized spacial score (nSPS) is 11.1. The Morgan fingerprint density at radius 3 is 2.71 bits per heavy atom. The standard InChI is InChI=1S/C15H21N3O3/c1-6-20-15(19)13-11(7-9(2)3)16-14(21-13)12-8-10(4)17-18(12)5/h8-9H,6-7H2,1-5H3. The molecule has 0 aliphatic heterocycles. The maximum atomic E-state index is 12.0. The van der Waals surface area contributed by atoms with Gasteiger partial charge in [-0.2, -0.15) is 5.10 Å². The lowest BCUT2D eigenvalue weighted by Gasteiger charge is -2.02. The van der Waals surface area contributed by atoms with Crippen LogP contribution in [-0.2, 0) is 18.2 Å². The molecule has 2 aromatic rings. The van der Waals surface area contributed by atoms with Crippen molar-refractivity contribution in [3.05, 3.63) is 23.2 Å². The van der Waals surface area contributed by atoms with E-state index in [-0.39, 0.29) is 5.76 Å². The molecule has 21 heavy (non-hydrogen) atoms. The van der Waals surface area contributed by atoms with Crippen molar-refractivity contribution in [3.8, 4) is 11.6 Å². The van der Waals surface area contributed by atoms with Crippen molar-refractivity contribution in [2.24, 2.45) is 13.0 Å². The molecule has 0 bridgehead atoms. The molecule has 2 aromatic heterocycles. The predicted molar refractivity (Wildman–Crippen MR) is 77.9 cm³/mol. The highest BCUT2D eigenvalue weighted by molar-refractivity contribution is 5.88. The molecule has 0 N–H and O–H groups in total. The fourth-order valence-corrected chi connectivity index (χ4v) is 2.15. The maximum absolute atomic E-state index is 12.0. The second-order valence-corrected chi connectivity index (χ2v) is 5.41. The molecule has 0 unspecified atom stereocenters. The molecule has 0 saturated carbocycles. The van der Waals surface area contributed by atoms with E-state index in [0.717, 1.165) is 11.4 Å². The molecule has 0 spiro atoms. The van der Waals surface area contributed by atoms with Gasteiger partial charge in [0, 0.05) is 7.05 Å². The van der Waals surface area contributed by atoms with Crippen LogP contribution in [-0.4, -0.2) is 27.3 Å². The number of oxazole rings is 1. The van der Waals surface area contributed by atoms with E-state index in [1.54, 1.807) is 11.6 Å². The van der Waals surface area contributed by atoms with Crippen molar-refractivity contribution in [1.82, 2.24) is 14.8 Å². The van der Waals surface area contributed by atoms with Gasteiger partial charge in [0.15, 0.2) is 0 Å².